The normalized spacial score (nSPS) is 44.4. The lowest BCUT2D eigenvalue weighted by Crippen LogP contribution is -2.79. The van der Waals surface area contributed by atoms with Gasteiger partial charge in [0.1, 0.15) is 24.5 Å². The van der Waals surface area contributed by atoms with E-state index in [1.807, 2.05) is 76.2 Å². The van der Waals surface area contributed by atoms with Crippen LogP contribution < -0.4 is 10.6 Å². The van der Waals surface area contributed by atoms with Crippen molar-refractivity contribution in [2.75, 3.05) is 24.7 Å². The Labute approximate surface area is 304 Å². The lowest BCUT2D eigenvalue weighted by Gasteiger charge is -2.60. The number of aliphatic hydroxyl groups excluding tert-OH is 2. The maximum absolute atomic E-state index is 15.2. The van der Waals surface area contributed by atoms with Crippen LogP contribution >= 0.6 is 43.2 Å². The summed E-state index contributed by atoms with van der Waals surface area (Å²) in [6.07, 6.45) is -5.27. The largest absolute Gasteiger partial charge is 0.388 e. The second kappa shape index (κ2) is 9.23. The van der Waals surface area contributed by atoms with Gasteiger partial charge in [-0.3, -0.25) is 29.0 Å². The van der Waals surface area contributed by atoms with Crippen LogP contribution in [0.3, 0.4) is 0 Å². The van der Waals surface area contributed by atoms with Gasteiger partial charge in [0, 0.05) is 25.5 Å². The summed E-state index contributed by atoms with van der Waals surface area (Å²) in [4.78, 5) is 60.2. The molecule has 0 unspecified atom stereocenters. The molecule has 0 aliphatic carbocycles. The molecule has 12 nitrogen and oxygen atoms in total. The molecule has 262 valence electrons. The second-order valence-electron chi connectivity index (χ2n) is 15.2. The third kappa shape index (κ3) is 2.67. The van der Waals surface area contributed by atoms with Crippen LogP contribution in [0.5, 0.6) is 0 Å². The topological polar surface area (TPSA) is 146 Å². The molecule has 4 N–H and O–H groups in total. The number of fused-ring (bicyclic) bond motifs is 11. The number of nitrogens with one attached hydrogen (secondary N) is 2. The van der Waals surface area contributed by atoms with Crippen molar-refractivity contribution in [3.05, 3.63) is 59.7 Å². The fraction of sp³-hybridized carbons (Fsp3) is 0.529. The van der Waals surface area contributed by atoms with Gasteiger partial charge < -0.3 is 30.6 Å². The zero-order valence-corrected chi connectivity index (χ0v) is 31.3. The van der Waals surface area contributed by atoms with Gasteiger partial charge in [-0.1, -0.05) is 85.7 Å². The predicted octanol–water partition coefficient (Wildman–Crippen LogP) is 2.60. The van der Waals surface area contributed by atoms with Crippen molar-refractivity contribution in [2.45, 2.75) is 82.5 Å². The van der Waals surface area contributed by atoms with E-state index < -0.39 is 66.7 Å². The Morgan fingerprint density at radius 1 is 0.600 bits per heavy atom. The molecule has 10 atom stereocenters. The van der Waals surface area contributed by atoms with Gasteiger partial charge in [0.25, 0.3) is 23.6 Å². The molecule has 50 heavy (non-hydrogen) atoms. The van der Waals surface area contributed by atoms with Gasteiger partial charge in [-0.2, -0.15) is 0 Å². The predicted molar refractivity (Wildman–Crippen MR) is 193 cm³/mol. The fourth-order valence-corrected chi connectivity index (χ4v) is 19.4. The highest BCUT2D eigenvalue weighted by Crippen LogP contribution is 2.79. The number of aliphatic hydroxyl groups is 2. The number of benzene rings is 2. The zero-order chi connectivity index (χ0) is 35.3. The third-order valence-electron chi connectivity index (χ3n) is 13.1. The number of hydrogen-bond donors (Lipinski definition) is 4. The summed E-state index contributed by atoms with van der Waals surface area (Å²) >= 11 is 0. The first-order valence-corrected chi connectivity index (χ1v) is 21.1. The average molecular weight is 753 g/mol. The Balaban J connectivity index is 1.33. The molecular formula is C34H36N6O6S4. The highest BCUT2D eigenvalue weighted by atomic mass is 33.1. The summed E-state index contributed by atoms with van der Waals surface area (Å²) in [7, 11) is 8.25. The van der Waals surface area contributed by atoms with Gasteiger partial charge >= 0.3 is 0 Å². The summed E-state index contributed by atoms with van der Waals surface area (Å²) in [5.41, 5.74) is -0.799. The number of para-hydroxylation sites is 2. The number of hydrogen-bond acceptors (Lipinski definition) is 12. The molecule has 10 aliphatic heterocycles. The molecule has 4 amide bonds. The van der Waals surface area contributed by atoms with Crippen LogP contribution in [0.4, 0.5) is 11.4 Å². The van der Waals surface area contributed by atoms with E-state index >= 15 is 9.59 Å². The van der Waals surface area contributed by atoms with E-state index in [1.165, 1.54) is 53.0 Å². The maximum atomic E-state index is 15.2. The number of amides is 4. The van der Waals surface area contributed by atoms with Crippen molar-refractivity contribution < 1.29 is 29.4 Å². The van der Waals surface area contributed by atoms with Crippen LogP contribution in [0.1, 0.15) is 38.8 Å². The molecule has 8 saturated heterocycles. The van der Waals surface area contributed by atoms with E-state index in [2.05, 4.69) is 10.6 Å². The summed E-state index contributed by atoms with van der Waals surface area (Å²) in [6.45, 7) is 7.66. The minimum atomic E-state index is -1.78. The molecule has 2 aromatic rings. The maximum Gasteiger partial charge on any atom is 0.264 e. The minimum absolute atomic E-state index is 0.276. The molecule has 0 radical (unpaired) electrons. The zero-order valence-electron chi connectivity index (χ0n) is 28.0. The number of carbonyl (C=O) groups excluding carboxylic acids is 4. The quantitative estimate of drug-likeness (QED) is 0.342. The molecular weight excluding hydrogens is 717 g/mol. The van der Waals surface area contributed by atoms with E-state index in [0.29, 0.717) is 22.5 Å². The summed E-state index contributed by atoms with van der Waals surface area (Å²) in [5.74, 6) is -1.97. The van der Waals surface area contributed by atoms with Crippen molar-refractivity contribution >= 4 is 78.2 Å². The highest BCUT2D eigenvalue weighted by molar-refractivity contribution is 8.78. The fourth-order valence-electron chi connectivity index (χ4n) is 11.0. The average Bonchev–Trinajstić information content (AvgIpc) is 3.74. The monoisotopic (exact) mass is 752 g/mol. The van der Waals surface area contributed by atoms with Crippen LogP contribution in [-0.4, -0.2) is 112 Å². The molecule has 2 aromatic carbocycles. The van der Waals surface area contributed by atoms with E-state index in [0.717, 1.165) is 0 Å². The third-order valence-corrected chi connectivity index (χ3v) is 20.9. The second-order valence-corrected chi connectivity index (χ2v) is 20.4. The lowest BCUT2D eigenvalue weighted by molar-refractivity contribution is -0.169. The molecule has 12 rings (SSSR count). The number of rotatable bonds is 3. The van der Waals surface area contributed by atoms with E-state index in [9.17, 15) is 19.8 Å². The number of piperazine rings is 2. The Morgan fingerprint density at radius 3 is 1.32 bits per heavy atom. The van der Waals surface area contributed by atoms with Crippen molar-refractivity contribution in [1.29, 1.82) is 0 Å². The number of likely N-dealkylation sites (N-methyl/N-ethyl adjacent to an activating group) is 2. The van der Waals surface area contributed by atoms with Gasteiger partial charge in [-0.15, -0.1) is 0 Å². The summed E-state index contributed by atoms with van der Waals surface area (Å²) in [5, 5.41) is 34.2. The van der Waals surface area contributed by atoms with E-state index in [-0.39, 0.29) is 23.7 Å². The molecule has 10 heterocycles. The number of carbonyl (C=O) groups is 4. The number of nitrogens with zero attached hydrogens (tertiary/aromatic N) is 4. The lowest BCUT2D eigenvalue weighted by atomic mass is 9.52. The van der Waals surface area contributed by atoms with Crippen LogP contribution in [0, 0.1) is 11.8 Å². The van der Waals surface area contributed by atoms with Crippen LogP contribution in [-0.2, 0) is 30.0 Å². The highest BCUT2D eigenvalue weighted by Gasteiger charge is 2.93. The Bertz CT molecular complexity index is 1870. The molecule has 0 saturated carbocycles. The molecule has 0 aromatic heterocycles. The Morgan fingerprint density at radius 2 is 0.960 bits per heavy atom. The van der Waals surface area contributed by atoms with Gasteiger partial charge in [-0.05, 0) is 56.7 Å². The molecule has 4 bridgehead atoms. The van der Waals surface area contributed by atoms with E-state index in [4.69, 9.17) is 0 Å². The van der Waals surface area contributed by atoms with E-state index in [1.54, 1.807) is 23.9 Å². The van der Waals surface area contributed by atoms with Crippen molar-refractivity contribution in [3.8, 4) is 0 Å². The van der Waals surface area contributed by atoms with Gasteiger partial charge in [0.15, 0.2) is 9.74 Å². The standard InChI is InChI=1S/C34H36N6O6S4/c1-15(2)31-27(45)39-23-29(17-11-7-9-13-19(17)35-23,21(41)33(39,49-47-31)25(43)37(31)5)30-18-12-8-10-14-20(18)36-24(30)40-28(46)32(16(3)4)38(6)26(44)34(40,22(30)42)50-48-32/h7-16,21-24,35-36,41-42H,1-6H3/t21-,22-,23-,24+,29-,30+,31+,32-,33+,34-/m0/s1. The minimum Gasteiger partial charge on any atom is -0.388 e. The molecule has 2 spiro atoms. The first kappa shape index (κ1) is 31.9. The Hall–Kier alpha value is -2.76. The first-order valence-electron chi connectivity index (χ1n) is 16.8. The molecule has 10 aliphatic rings. The Kier molecular flexibility index (Phi) is 5.90. The van der Waals surface area contributed by atoms with Crippen LogP contribution in [0.25, 0.3) is 0 Å². The van der Waals surface area contributed by atoms with Crippen LogP contribution in [0.2, 0.25) is 0 Å². The van der Waals surface area contributed by atoms with Crippen molar-refractivity contribution in [1.82, 2.24) is 19.6 Å². The van der Waals surface area contributed by atoms with Gasteiger partial charge in [-0.25, -0.2) is 0 Å². The van der Waals surface area contributed by atoms with Crippen molar-refractivity contribution in [2.24, 2.45) is 11.8 Å². The smallest absolute Gasteiger partial charge is 0.264 e. The van der Waals surface area contributed by atoms with Crippen molar-refractivity contribution in [3.63, 3.8) is 0 Å². The first-order chi connectivity index (χ1) is 23.7. The summed E-state index contributed by atoms with van der Waals surface area (Å²) in [6, 6.07) is 14.9. The van der Waals surface area contributed by atoms with Crippen LogP contribution in [0.15, 0.2) is 48.5 Å². The molecule has 8 fully saturated rings. The number of anilines is 2. The van der Waals surface area contributed by atoms with Gasteiger partial charge in [0.2, 0.25) is 9.74 Å². The SMILES string of the molecule is CC(C)[C@@]12SS[C@]3(C(=O)N1C)[C@@H](O)[C@]1([C@]45c6ccccc6N[C@H]4N4C(=O)[C@@]6(C(C)C)SS[C@@]4(C(=O)N6C)[C@H]5O)c4ccccc4N[C@@H]1N3C2=O. The van der Waals surface area contributed by atoms with Gasteiger partial charge in [0.05, 0.1) is 10.8 Å². The summed E-state index contributed by atoms with van der Waals surface area (Å²) < 4.78 is 0. The molecule has 16 heteroatoms.